The number of ether oxygens (including phenoxy) is 2. The number of ketones is 1. The summed E-state index contributed by atoms with van der Waals surface area (Å²) in [6.07, 6.45) is 2.57. The van der Waals surface area contributed by atoms with Crippen molar-refractivity contribution in [1.82, 2.24) is 0 Å². The van der Waals surface area contributed by atoms with Crippen LogP contribution in [0.25, 0.3) is 0 Å². The maximum absolute atomic E-state index is 12.2. The molecule has 0 aromatic carbocycles. The summed E-state index contributed by atoms with van der Waals surface area (Å²) in [5, 5.41) is 22.5. The van der Waals surface area contributed by atoms with Crippen molar-refractivity contribution >= 4 is 11.8 Å². The lowest BCUT2D eigenvalue weighted by Gasteiger charge is -2.57. The van der Waals surface area contributed by atoms with Crippen LogP contribution in [0.1, 0.15) is 72.6 Å². The molecule has 2 heterocycles. The molecular formula is C22H34O6. The third-order valence-electron chi connectivity index (χ3n) is 7.67. The van der Waals surface area contributed by atoms with Gasteiger partial charge in [0.1, 0.15) is 18.0 Å². The van der Waals surface area contributed by atoms with Crippen LogP contribution in [-0.2, 0) is 19.1 Å². The second kappa shape index (κ2) is 6.92. The van der Waals surface area contributed by atoms with Gasteiger partial charge in [0.2, 0.25) is 0 Å². The van der Waals surface area contributed by atoms with Gasteiger partial charge in [-0.3, -0.25) is 9.59 Å². The number of aliphatic hydroxyl groups is 2. The Balaban J connectivity index is 1.97. The molecule has 1 saturated carbocycles. The topological polar surface area (TPSA) is 93.1 Å². The monoisotopic (exact) mass is 394 g/mol. The predicted molar refractivity (Wildman–Crippen MR) is 103 cm³/mol. The SMILES string of the molecule is C=C1CC[C@@H](O)[C@@]2(COC(C)=O)CCC3(O)O[C@@]12C[C@@]3(C)CCC(=O)C(C)C. The van der Waals surface area contributed by atoms with E-state index in [1.807, 2.05) is 20.8 Å². The van der Waals surface area contributed by atoms with E-state index in [0.717, 1.165) is 5.57 Å². The van der Waals surface area contributed by atoms with Gasteiger partial charge in [-0.2, -0.15) is 0 Å². The second-order valence-electron chi connectivity index (χ2n) is 9.67. The van der Waals surface area contributed by atoms with Gasteiger partial charge in [0.15, 0.2) is 5.79 Å². The highest BCUT2D eigenvalue weighted by atomic mass is 16.7. The third-order valence-corrected chi connectivity index (χ3v) is 7.67. The quantitative estimate of drug-likeness (QED) is 0.531. The average Bonchev–Trinajstić information content (AvgIpc) is 2.81. The van der Waals surface area contributed by atoms with Crippen LogP contribution in [-0.4, -0.2) is 46.1 Å². The number of hydrogen-bond donors (Lipinski definition) is 2. The van der Waals surface area contributed by atoms with Crippen LogP contribution >= 0.6 is 0 Å². The zero-order valence-electron chi connectivity index (χ0n) is 17.5. The number of Topliss-reactive ketones (excluding diaryl/α,β-unsaturated/α-hetero) is 1. The zero-order chi connectivity index (χ0) is 21.0. The zero-order valence-corrected chi connectivity index (χ0v) is 17.5. The molecule has 0 radical (unpaired) electrons. The molecule has 6 heteroatoms. The largest absolute Gasteiger partial charge is 0.465 e. The standard InChI is InChI=1S/C22H34O6/c1-14(2)17(24)8-9-19(5)12-21-15(3)6-7-18(25)20(21,13-27-16(4)23)10-11-22(19,26)28-21/h14,18,25-26H,3,6-13H2,1-2,4-5H3/t18-,19-,20+,21+,22?/m1/s1. The minimum absolute atomic E-state index is 0.0413. The van der Waals surface area contributed by atoms with E-state index in [4.69, 9.17) is 9.47 Å². The normalized spacial score (nSPS) is 42.4. The van der Waals surface area contributed by atoms with Crippen molar-refractivity contribution in [1.29, 1.82) is 0 Å². The third kappa shape index (κ3) is 2.96. The number of esters is 1. The Labute approximate surface area is 167 Å². The smallest absolute Gasteiger partial charge is 0.302 e. The number of fused-ring (bicyclic) bond motifs is 1. The molecule has 0 aromatic rings. The first kappa shape index (κ1) is 21.5. The van der Waals surface area contributed by atoms with Gasteiger partial charge in [-0.15, -0.1) is 0 Å². The molecule has 3 fully saturated rings. The van der Waals surface area contributed by atoms with Crippen molar-refractivity contribution in [2.75, 3.05) is 6.61 Å². The van der Waals surface area contributed by atoms with Crippen molar-refractivity contribution in [3.8, 4) is 0 Å². The highest BCUT2D eigenvalue weighted by Gasteiger charge is 2.75. The predicted octanol–water partition coefficient (Wildman–Crippen LogP) is 2.90. The van der Waals surface area contributed by atoms with E-state index in [2.05, 4.69) is 6.58 Å². The highest BCUT2D eigenvalue weighted by Crippen LogP contribution is 2.69. The first-order valence-electron chi connectivity index (χ1n) is 10.4. The summed E-state index contributed by atoms with van der Waals surface area (Å²) in [6, 6.07) is 0. The van der Waals surface area contributed by atoms with Gasteiger partial charge in [-0.05, 0) is 37.7 Å². The fourth-order valence-electron chi connectivity index (χ4n) is 5.62. The number of rotatable bonds is 6. The molecule has 1 spiro atoms. The summed E-state index contributed by atoms with van der Waals surface area (Å²) in [5.74, 6) is -1.67. The van der Waals surface area contributed by atoms with Gasteiger partial charge < -0.3 is 19.7 Å². The minimum atomic E-state index is -1.38. The Hall–Kier alpha value is -1.24. The second-order valence-corrected chi connectivity index (χ2v) is 9.67. The van der Waals surface area contributed by atoms with E-state index in [9.17, 15) is 19.8 Å². The summed E-state index contributed by atoms with van der Waals surface area (Å²) in [7, 11) is 0. The van der Waals surface area contributed by atoms with Crippen molar-refractivity contribution in [2.45, 2.75) is 90.1 Å². The number of aliphatic hydroxyl groups excluding tert-OH is 1. The lowest BCUT2D eigenvalue weighted by Crippen LogP contribution is -2.64. The molecule has 2 bridgehead atoms. The molecule has 2 N–H and O–H groups in total. The summed E-state index contributed by atoms with van der Waals surface area (Å²) in [6.45, 7) is 11.4. The lowest BCUT2D eigenvalue weighted by atomic mass is 9.56. The maximum atomic E-state index is 12.2. The summed E-state index contributed by atoms with van der Waals surface area (Å²) in [5.41, 5.74) is -1.58. The highest BCUT2D eigenvalue weighted by molar-refractivity contribution is 5.80. The number of carbonyl (C=O) groups is 2. The van der Waals surface area contributed by atoms with Gasteiger partial charge >= 0.3 is 5.97 Å². The van der Waals surface area contributed by atoms with E-state index in [1.165, 1.54) is 6.92 Å². The average molecular weight is 395 g/mol. The molecule has 6 nitrogen and oxygen atoms in total. The Bertz CT molecular complexity index is 687. The maximum Gasteiger partial charge on any atom is 0.302 e. The first-order chi connectivity index (χ1) is 12.9. The Kier molecular flexibility index (Phi) is 5.31. The van der Waals surface area contributed by atoms with E-state index in [-0.39, 0.29) is 18.3 Å². The van der Waals surface area contributed by atoms with Gasteiger partial charge in [0.25, 0.3) is 0 Å². The summed E-state index contributed by atoms with van der Waals surface area (Å²) in [4.78, 5) is 23.8. The number of carbonyl (C=O) groups excluding carboxylic acids is 2. The lowest BCUT2D eigenvalue weighted by molar-refractivity contribution is -0.322. The Morgan fingerprint density at radius 1 is 1.36 bits per heavy atom. The van der Waals surface area contributed by atoms with Crippen LogP contribution in [0.15, 0.2) is 12.2 Å². The molecule has 1 aliphatic carbocycles. The molecule has 5 atom stereocenters. The molecule has 3 aliphatic rings. The fraction of sp³-hybridized carbons (Fsp3) is 0.818. The van der Waals surface area contributed by atoms with Crippen LogP contribution in [0, 0.1) is 16.7 Å². The van der Waals surface area contributed by atoms with E-state index in [0.29, 0.717) is 44.9 Å². The van der Waals surface area contributed by atoms with E-state index >= 15 is 0 Å². The van der Waals surface area contributed by atoms with Crippen LogP contribution in [0.3, 0.4) is 0 Å². The molecule has 1 unspecified atom stereocenters. The molecule has 2 aliphatic heterocycles. The van der Waals surface area contributed by atoms with Crippen molar-refractivity contribution in [2.24, 2.45) is 16.7 Å². The molecule has 0 aromatic heterocycles. The van der Waals surface area contributed by atoms with Gasteiger partial charge in [0.05, 0.1) is 11.5 Å². The number of hydrogen-bond acceptors (Lipinski definition) is 6. The Morgan fingerprint density at radius 3 is 2.64 bits per heavy atom. The molecule has 28 heavy (non-hydrogen) atoms. The molecular weight excluding hydrogens is 360 g/mol. The van der Waals surface area contributed by atoms with E-state index < -0.39 is 34.3 Å². The molecule has 2 saturated heterocycles. The van der Waals surface area contributed by atoms with E-state index in [1.54, 1.807) is 0 Å². The van der Waals surface area contributed by atoms with Gasteiger partial charge in [-0.25, -0.2) is 0 Å². The van der Waals surface area contributed by atoms with Gasteiger partial charge in [0, 0.05) is 31.1 Å². The molecule has 3 rings (SSSR count). The van der Waals surface area contributed by atoms with Crippen LogP contribution in [0.4, 0.5) is 0 Å². The minimum Gasteiger partial charge on any atom is -0.465 e. The molecule has 158 valence electrons. The van der Waals surface area contributed by atoms with Gasteiger partial charge in [-0.1, -0.05) is 27.4 Å². The summed E-state index contributed by atoms with van der Waals surface area (Å²) >= 11 is 0. The van der Waals surface area contributed by atoms with Crippen molar-refractivity contribution in [3.63, 3.8) is 0 Å². The van der Waals surface area contributed by atoms with Crippen LogP contribution in [0.5, 0.6) is 0 Å². The van der Waals surface area contributed by atoms with Crippen LogP contribution in [0.2, 0.25) is 0 Å². The fourth-order valence-corrected chi connectivity index (χ4v) is 5.62. The van der Waals surface area contributed by atoms with Crippen molar-refractivity contribution < 1.29 is 29.3 Å². The molecule has 0 amide bonds. The summed E-state index contributed by atoms with van der Waals surface area (Å²) < 4.78 is 11.8. The first-order valence-corrected chi connectivity index (χ1v) is 10.4. The van der Waals surface area contributed by atoms with Crippen LogP contribution < -0.4 is 0 Å². The Morgan fingerprint density at radius 2 is 2.04 bits per heavy atom. The van der Waals surface area contributed by atoms with Crippen molar-refractivity contribution in [3.05, 3.63) is 12.2 Å².